The zero-order valence-electron chi connectivity index (χ0n) is 19.1. The average Bonchev–Trinajstić information content (AvgIpc) is 2.74. The maximum absolute atomic E-state index is 13.2. The molecular weight excluding hydrogens is 456 g/mol. The van der Waals surface area contributed by atoms with Crippen molar-refractivity contribution in [3.63, 3.8) is 0 Å². The Morgan fingerprint density at radius 2 is 1.81 bits per heavy atom. The summed E-state index contributed by atoms with van der Waals surface area (Å²) in [4.78, 5) is 27.4. The fourth-order valence-corrected chi connectivity index (χ4v) is 3.54. The molecule has 0 aromatic heterocycles. The predicted molar refractivity (Wildman–Crippen MR) is 128 cm³/mol. The van der Waals surface area contributed by atoms with E-state index in [0.29, 0.717) is 18.8 Å². The second kappa shape index (κ2) is 11.9. The average molecular weight is 489 g/mol. The molecule has 2 aromatic carbocycles. The lowest BCUT2D eigenvalue weighted by Crippen LogP contribution is -2.49. The highest BCUT2D eigenvalue weighted by atomic mass is 79.9. The number of nitrogens with one attached hydrogen (secondary N) is 1. The second-order valence-electron chi connectivity index (χ2n) is 7.96. The lowest BCUT2D eigenvalue weighted by molar-refractivity contribution is -0.142. The molecule has 31 heavy (non-hydrogen) atoms. The number of rotatable bonds is 10. The molecule has 2 aromatic rings. The molecule has 0 radical (unpaired) electrons. The molecule has 0 fully saturated rings. The van der Waals surface area contributed by atoms with Gasteiger partial charge < -0.3 is 15.0 Å². The van der Waals surface area contributed by atoms with Crippen molar-refractivity contribution in [1.82, 2.24) is 10.2 Å². The van der Waals surface area contributed by atoms with Crippen molar-refractivity contribution in [2.75, 3.05) is 13.2 Å². The zero-order chi connectivity index (χ0) is 23.0. The fraction of sp³-hybridized carbons (Fsp3) is 0.440. The number of hydrogen-bond acceptors (Lipinski definition) is 3. The van der Waals surface area contributed by atoms with Crippen molar-refractivity contribution in [1.29, 1.82) is 0 Å². The number of nitrogens with zero attached hydrogens (tertiary/aromatic N) is 1. The van der Waals surface area contributed by atoms with Crippen molar-refractivity contribution in [3.05, 3.63) is 63.1 Å². The first-order valence-corrected chi connectivity index (χ1v) is 11.5. The topological polar surface area (TPSA) is 58.6 Å². The van der Waals surface area contributed by atoms with Gasteiger partial charge in [-0.25, -0.2) is 0 Å². The number of unbranched alkanes of at least 4 members (excludes halogenated alkanes) is 1. The van der Waals surface area contributed by atoms with Gasteiger partial charge in [0.05, 0.1) is 0 Å². The molecule has 168 valence electrons. The molecule has 0 aliphatic carbocycles. The van der Waals surface area contributed by atoms with Gasteiger partial charge in [0.15, 0.2) is 6.61 Å². The third kappa shape index (κ3) is 7.39. The predicted octanol–water partition coefficient (Wildman–Crippen LogP) is 5.09. The molecule has 0 unspecified atom stereocenters. The van der Waals surface area contributed by atoms with Crippen LogP contribution in [0.15, 0.2) is 40.9 Å². The second-order valence-corrected chi connectivity index (χ2v) is 8.88. The first kappa shape index (κ1) is 24.9. The normalized spacial score (nSPS) is 11.7. The van der Waals surface area contributed by atoms with Gasteiger partial charge in [-0.15, -0.1) is 0 Å². The summed E-state index contributed by atoms with van der Waals surface area (Å²) in [5, 5.41) is 2.93. The summed E-state index contributed by atoms with van der Waals surface area (Å²) in [6.07, 6.45) is 1.91. The summed E-state index contributed by atoms with van der Waals surface area (Å²) < 4.78 is 6.86. The van der Waals surface area contributed by atoms with Crippen LogP contribution in [0.1, 0.15) is 48.9 Å². The van der Waals surface area contributed by atoms with Gasteiger partial charge in [0.1, 0.15) is 11.8 Å². The van der Waals surface area contributed by atoms with Crippen LogP contribution >= 0.6 is 15.9 Å². The van der Waals surface area contributed by atoms with Gasteiger partial charge in [-0.2, -0.15) is 0 Å². The van der Waals surface area contributed by atoms with E-state index in [9.17, 15) is 9.59 Å². The number of benzene rings is 2. The van der Waals surface area contributed by atoms with Crippen molar-refractivity contribution in [3.8, 4) is 5.75 Å². The van der Waals surface area contributed by atoms with Crippen LogP contribution < -0.4 is 10.1 Å². The molecule has 0 saturated carbocycles. The van der Waals surface area contributed by atoms with E-state index in [4.69, 9.17) is 4.74 Å². The van der Waals surface area contributed by atoms with Gasteiger partial charge in [0.2, 0.25) is 5.91 Å². The van der Waals surface area contributed by atoms with Crippen LogP contribution in [0, 0.1) is 20.8 Å². The molecule has 0 saturated heterocycles. The Bertz CT molecular complexity index is 896. The SMILES string of the molecule is CCCCNC(=O)[C@H](C)N(Cc1ccc(Br)cc1)C(=O)COc1cc(C)cc(C)c1C. The number of hydrogen-bond donors (Lipinski definition) is 1. The summed E-state index contributed by atoms with van der Waals surface area (Å²) in [6.45, 7) is 10.7. The van der Waals surface area contributed by atoms with Gasteiger partial charge in [0.25, 0.3) is 5.91 Å². The summed E-state index contributed by atoms with van der Waals surface area (Å²) >= 11 is 3.43. The maximum atomic E-state index is 13.2. The molecule has 0 aliphatic heterocycles. The number of amides is 2. The molecule has 5 nitrogen and oxygen atoms in total. The zero-order valence-corrected chi connectivity index (χ0v) is 20.7. The van der Waals surface area contributed by atoms with Crippen LogP contribution in [-0.2, 0) is 16.1 Å². The Morgan fingerprint density at radius 3 is 2.45 bits per heavy atom. The molecule has 2 rings (SSSR count). The largest absolute Gasteiger partial charge is 0.483 e. The van der Waals surface area contributed by atoms with Crippen LogP contribution in [0.25, 0.3) is 0 Å². The third-order valence-corrected chi connectivity index (χ3v) is 5.91. The highest BCUT2D eigenvalue weighted by Crippen LogP contribution is 2.23. The molecule has 0 bridgehead atoms. The van der Waals surface area contributed by atoms with Crippen LogP contribution in [-0.4, -0.2) is 35.9 Å². The monoisotopic (exact) mass is 488 g/mol. The minimum atomic E-state index is -0.600. The van der Waals surface area contributed by atoms with E-state index in [0.717, 1.165) is 39.6 Å². The Hall–Kier alpha value is -2.34. The van der Waals surface area contributed by atoms with E-state index in [2.05, 4.69) is 34.2 Å². The highest BCUT2D eigenvalue weighted by Gasteiger charge is 2.26. The Balaban J connectivity index is 2.16. The fourth-order valence-electron chi connectivity index (χ4n) is 3.28. The Morgan fingerprint density at radius 1 is 1.13 bits per heavy atom. The molecule has 0 aliphatic rings. The third-order valence-electron chi connectivity index (χ3n) is 5.38. The van der Waals surface area contributed by atoms with Crippen LogP contribution in [0.2, 0.25) is 0 Å². The van der Waals surface area contributed by atoms with Gasteiger partial charge in [-0.1, -0.05) is 47.5 Å². The van der Waals surface area contributed by atoms with Gasteiger partial charge in [-0.3, -0.25) is 9.59 Å². The highest BCUT2D eigenvalue weighted by molar-refractivity contribution is 9.10. The molecule has 6 heteroatoms. The van der Waals surface area contributed by atoms with Crippen LogP contribution in [0.3, 0.4) is 0 Å². The summed E-state index contributed by atoms with van der Waals surface area (Å²) in [6, 6.07) is 11.2. The van der Waals surface area contributed by atoms with Gasteiger partial charge in [-0.05, 0) is 74.6 Å². The van der Waals surface area contributed by atoms with Crippen molar-refractivity contribution >= 4 is 27.7 Å². The van der Waals surface area contributed by atoms with E-state index in [1.54, 1.807) is 11.8 Å². The maximum Gasteiger partial charge on any atom is 0.261 e. The number of aryl methyl sites for hydroxylation is 2. The number of carbonyl (C=O) groups excluding carboxylic acids is 2. The summed E-state index contributed by atoms with van der Waals surface area (Å²) in [5.41, 5.74) is 4.18. The molecule has 0 heterocycles. The lowest BCUT2D eigenvalue weighted by atomic mass is 10.1. The minimum Gasteiger partial charge on any atom is -0.483 e. The van der Waals surface area contributed by atoms with E-state index in [1.807, 2.05) is 51.1 Å². The van der Waals surface area contributed by atoms with Gasteiger partial charge in [0, 0.05) is 17.6 Å². The van der Waals surface area contributed by atoms with Crippen molar-refractivity contribution < 1.29 is 14.3 Å². The molecule has 2 amide bonds. The van der Waals surface area contributed by atoms with Crippen LogP contribution in [0.4, 0.5) is 0 Å². The van der Waals surface area contributed by atoms with E-state index >= 15 is 0 Å². The minimum absolute atomic E-state index is 0.118. The first-order valence-electron chi connectivity index (χ1n) is 10.7. The Kier molecular flexibility index (Phi) is 9.56. The first-order chi connectivity index (χ1) is 14.7. The standard InChI is InChI=1S/C25H33BrN2O3/c1-6-7-12-27-25(30)20(5)28(15-21-8-10-22(26)11-9-21)24(29)16-31-23-14-17(2)13-18(3)19(23)4/h8-11,13-14,20H,6-7,12,15-16H2,1-5H3,(H,27,30)/t20-/m0/s1. The summed E-state index contributed by atoms with van der Waals surface area (Å²) in [5.74, 6) is 0.329. The number of carbonyl (C=O) groups is 2. The molecule has 0 spiro atoms. The molecular formula is C25H33BrN2O3. The number of ether oxygens (including phenoxy) is 1. The Labute approximate surface area is 194 Å². The van der Waals surface area contributed by atoms with Crippen molar-refractivity contribution in [2.45, 2.75) is 60.0 Å². The van der Waals surface area contributed by atoms with E-state index in [-0.39, 0.29) is 18.4 Å². The summed E-state index contributed by atoms with van der Waals surface area (Å²) in [7, 11) is 0. The lowest BCUT2D eigenvalue weighted by Gasteiger charge is -2.29. The van der Waals surface area contributed by atoms with E-state index in [1.165, 1.54) is 0 Å². The quantitative estimate of drug-likeness (QED) is 0.474. The number of halogens is 1. The van der Waals surface area contributed by atoms with Crippen molar-refractivity contribution in [2.24, 2.45) is 0 Å². The van der Waals surface area contributed by atoms with Gasteiger partial charge >= 0.3 is 0 Å². The smallest absolute Gasteiger partial charge is 0.261 e. The van der Waals surface area contributed by atoms with E-state index < -0.39 is 6.04 Å². The molecule has 1 atom stereocenters. The van der Waals surface area contributed by atoms with Crippen LogP contribution in [0.5, 0.6) is 5.75 Å². The molecule has 1 N–H and O–H groups in total.